The Kier molecular flexibility index (Phi) is 9.30. The summed E-state index contributed by atoms with van der Waals surface area (Å²) in [5, 5.41) is 0.641. The maximum atomic E-state index is 14.1. The Morgan fingerprint density at radius 3 is 1.29 bits per heavy atom. The van der Waals surface area contributed by atoms with Crippen LogP contribution < -0.4 is 5.32 Å². The van der Waals surface area contributed by atoms with Gasteiger partial charge < -0.3 is 14.8 Å². The van der Waals surface area contributed by atoms with E-state index in [1.807, 2.05) is 0 Å². The molecule has 0 spiro atoms. The second-order valence-corrected chi connectivity index (χ2v) is 7.61. The molecule has 0 aliphatic rings. The number of hydrogen-bond donors (Lipinski definition) is 1. The minimum atomic E-state index is -8.68. The van der Waals surface area contributed by atoms with Gasteiger partial charge in [0.1, 0.15) is 0 Å². The van der Waals surface area contributed by atoms with E-state index in [2.05, 4.69) is 9.47 Å². The molecule has 0 aromatic heterocycles. The van der Waals surface area contributed by atoms with E-state index in [4.69, 9.17) is 0 Å². The number of halogens is 16. The average Bonchev–Trinajstić information content (AvgIpc) is 2.86. The first kappa shape index (κ1) is 35.5. The van der Waals surface area contributed by atoms with Gasteiger partial charge in [0, 0.05) is 5.69 Å². The highest BCUT2D eigenvalue weighted by atomic mass is 19.4. The van der Waals surface area contributed by atoms with Gasteiger partial charge in [-0.25, -0.2) is 18.4 Å². The molecule has 0 heterocycles. The lowest BCUT2D eigenvalue weighted by Gasteiger charge is -2.42. The van der Waals surface area contributed by atoms with Crippen LogP contribution >= 0.6 is 0 Å². The van der Waals surface area contributed by atoms with Crippen LogP contribution in [0.1, 0.15) is 20.7 Å². The zero-order valence-corrected chi connectivity index (χ0v) is 19.4. The minimum absolute atomic E-state index is 0.234. The van der Waals surface area contributed by atoms with Crippen LogP contribution in [-0.2, 0) is 14.3 Å². The number of anilines is 1. The number of benzene rings is 1. The standard InChI is InChI=1S/C19H11F16NO5/c1-40-9(37)6-3-7(10(38)41-2)5-8(4-6)36-12(39)14(24,25)16(28,29)18(32,33)19(34,35)17(30,31)15(26,27)13(22,23)11(20)21/h3-5,11H,1-2H3,(H,36,39). The van der Waals surface area contributed by atoms with E-state index in [0.717, 1.165) is 0 Å². The Morgan fingerprint density at radius 1 is 0.610 bits per heavy atom. The first-order valence-corrected chi connectivity index (χ1v) is 9.69. The number of carbonyl (C=O) groups is 3. The fourth-order valence-corrected chi connectivity index (χ4v) is 2.66. The number of ether oxygens (including phenoxy) is 2. The van der Waals surface area contributed by atoms with Crippen LogP contribution in [0.3, 0.4) is 0 Å². The quantitative estimate of drug-likeness (QED) is 0.241. The molecule has 0 bridgehead atoms. The summed E-state index contributed by atoms with van der Waals surface area (Å²) >= 11 is 0. The van der Waals surface area contributed by atoms with Crippen molar-refractivity contribution in [3.8, 4) is 0 Å². The van der Waals surface area contributed by atoms with E-state index in [-0.39, 0.29) is 12.1 Å². The van der Waals surface area contributed by atoms with Crippen molar-refractivity contribution in [2.75, 3.05) is 19.5 Å². The molecular weight excluding hydrogens is 626 g/mol. The van der Waals surface area contributed by atoms with Crippen LogP contribution in [0, 0.1) is 0 Å². The molecule has 0 atom stereocenters. The van der Waals surface area contributed by atoms with E-state index in [1.165, 1.54) is 0 Å². The largest absolute Gasteiger partial charge is 0.465 e. The number of methoxy groups -OCH3 is 2. The summed E-state index contributed by atoms with van der Waals surface area (Å²) in [7, 11) is 1.39. The van der Waals surface area contributed by atoms with E-state index >= 15 is 0 Å². The number of rotatable bonds is 11. The number of esters is 2. The van der Waals surface area contributed by atoms with E-state index in [9.17, 15) is 84.6 Å². The number of hydrogen-bond acceptors (Lipinski definition) is 5. The second-order valence-electron chi connectivity index (χ2n) is 7.61. The van der Waals surface area contributed by atoms with Crippen LogP contribution in [-0.4, -0.2) is 79.9 Å². The number of alkyl halides is 16. The van der Waals surface area contributed by atoms with Gasteiger partial charge in [0.05, 0.1) is 25.3 Å². The fourth-order valence-electron chi connectivity index (χ4n) is 2.66. The first-order chi connectivity index (χ1) is 18.1. The van der Waals surface area contributed by atoms with Crippen molar-refractivity contribution < 1.29 is 94.1 Å². The van der Waals surface area contributed by atoms with Crippen LogP contribution in [0.15, 0.2) is 18.2 Å². The second kappa shape index (κ2) is 10.7. The molecule has 1 amide bonds. The summed E-state index contributed by atoms with van der Waals surface area (Å²) in [4.78, 5) is 35.0. The summed E-state index contributed by atoms with van der Waals surface area (Å²) in [5.41, 5.74) is -3.09. The average molecular weight is 637 g/mol. The maximum absolute atomic E-state index is 14.1. The summed E-state index contributed by atoms with van der Waals surface area (Å²) in [5.74, 6) is -63.9. The smallest absolute Gasteiger partial charge is 0.393 e. The van der Waals surface area contributed by atoms with Gasteiger partial charge in [0.15, 0.2) is 0 Å². The molecule has 0 saturated carbocycles. The molecule has 6 nitrogen and oxygen atoms in total. The van der Waals surface area contributed by atoms with Gasteiger partial charge in [-0.05, 0) is 18.2 Å². The number of amides is 1. The molecule has 1 rings (SSSR count). The Bertz CT molecular complexity index is 1150. The van der Waals surface area contributed by atoms with Crippen molar-refractivity contribution in [3.63, 3.8) is 0 Å². The molecule has 41 heavy (non-hydrogen) atoms. The van der Waals surface area contributed by atoms with Crippen molar-refractivity contribution in [3.05, 3.63) is 29.3 Å². The van der Waals surface area contributed by atoms with Crippen molar-refractivity contribution >= 4 is 23.5 Å². The third-order valence-electron chi connectivity index (χ3n) is 4.98. The molecule has 0 saturated heterocycles. The summed E-state index contributed by atoms with van der Waals surface area (Å²) in [6.45, 7) is 0. The van der Waals surface area contributed by atoms with E-state index in [0.29, 0.717) is 25.6 Å². The van der Waals surface area contributed by atoms with Crippen LogP contribution in [0.5, 0.6) is 0 Å². The highest BCUT2D eigenvalue weighted by Crippen LogP contribution is 2.62. The van der Waals surface area contributed by atoms with Crippen molar-refractivity contribution in [2.45, 2.75) is 47.9 Å². The molecule has 0 aliphatic heterocycles. The van der Waals surface area contributed by atoms with Crippen molar-refractivity contribution in [1.29, 1.82) is 0 Å². The molecule has 0 fully saturated rings. The Labute approximate surface area is 215 Å². The lowest BCUT2D eigenvalue weighted by molar-refractivity contribution is -0.443. The number of nitrogens with one attached hydrogen (secondary N) is 1. The molecule has 0 aliphatic carbocycles. The molecule has 0 radical (unpaired) electrons. The first-order valence-electron chi connectivity index (χ1n) is 9.69. The molecule has 1 aromatic carbocycles. The van der Waals surface area contributed by atoms with Crippen molar-refractivity contribution in [2.24, 2.45) is 0 Å². The van der Waals surface area contributed by atoms with E-state index in [1.54, 1.807) is 0 Å². The molecule has 22 heteroatoms. The highest BCUT2D eigenvalue weighted by Gasteiger charge is 2.94. The SMILES string of the molecule is COC(=O)c1cc(NC(=O)C(F)(F)C(F)(F)C(F)(F)C(F)(F)C(F)(F)C(F)(F)C(F)(F)C(F)F)cc(C(=O)OC)c1. The van der Waals surface area contributed by atoms with Gasteiger partial charge in [-0.2, -0.15) is 61.5 Å². The van der Waals surface area contributed by atoms with Gasteiger partial charge >= 0.3 is 65.7 Å². The number of carbonyl (C=O) groups excluding carboxylic acids is 3. The predicted octanol–water partition coefficient (Wildman–Crippen LogP) is 5.91. The molecule has 0 unspecified atom stereocenters. The lowest BCUT2D eigenvalue weighted by atomic mass is 9.89. The maximum Gasteiger partial charge on any atom is 0.393 e. The highest BCUT2D eigenvalue weighted by molar-refractivity contribution is 6.01. The lowest BCUT2D eigenvalue weighted by Crippen LogP contribution is -2.74. The topological polar surface area (TPSA) is 81.7 Å². The zero-order valence-electron chi connectivity index (χ0n) is 19.4. The van der Waals surface area contributed by atoms with Gasteiger partial charge in [-0.3, -0.25) is 4.79 Å². The minimum Gasteiger partial charge on any atom is -0.465 e. The third-order valence-corrected chi connectivity index (χ3v) is 4.98. The molecule has 234 valence electrons. The van der Waals surface area contributed by atoms with Crippen LogP contribution in [0.4, 0.5) is 75.9 Å². The van der Waals surface area contributed by atoms with Gasteiger partial charge in [-0.1, -0.05) is 0 Å². The fraction of sp³-hybridized carbons (Fsp3) is 0.526. The van der Waals surface area contributed by atoms with Gasteiger partial charge in [0.2, 0.25) is 0 Å². The monoisotopic (exact) mass is 637 g/mol. The summed E-state index contributed by atoms with van der Waals surface area (Å²) < 4.78 is 223. The Balaban J connectivity index is 3.65. The van der Waals surface area contributed by atoms with Gasteiger partial charge in [-0.15, -0.1) is 0 Å². The molecule has 1 aromatic rings. The third kappa shape index (κ3) is 5.31. The Hall–Kier alpha value is -3.49. The summed E-state index contributed by atoms with van der Waals surface area (Å²) in [6, 6.07) is 1.04. The Morgan fingerprint density at radius 2 is 0.951 bits per heavy atom. The molecular formula is C19H11F16NO5. The normalized spacial score (nSPS) is 14.1. The predicted molar refractivity (Wildman–Crippen MR) is 98.4 cm³/mol. The van der Waals surface area contributed by atoms with Gasteiger partial charge in [0.25, 0.3) is 0 Å². The van der Waals surface area contributed by atoms with Crippen molar-refractivity contribution in [1.82, 2.24) is 0 Å². The van der Waals surface area contributed by atoms with E-state index < -0.39 is 82.5 Å². The van der Waals surface area contributed by atoms with Crippen LogP contribution in [0.25, 0.3) is 0 Å². The summed E-state index contributed by atoms with van der Waals surface area (Å²) in [6.07, 6.45) is -5.99. The molecule has 1 N–H and O–H groups in total. The zero-order chi connectivity index (χ0) is 32.8. The van der Waals surface area contributed by atoms with Crippen LogP contribution in [0.2, 0.25) is 0 Å².